The number of H-pyrrole nitrogens is 1. The minimum absolute atomic E-state index is 0. The van der Waals surface area contributed by atoms with Crippen LogP contribution in [0.15, 0.2) is 36.1 Å². The summed E-state index contributed by atoms with van der Waals surface area (Å²) < 4.78 is 0. The van der Waals surface area contributed by atoms with Gasteiger partial charge in [0.15, 0.2) is 0 Å². The van der Waals surface area contributed by atoms with Gasteiger partial charge in [-0.3, -0.25) is 0 Å². The van der Waals surface area contributed by atoms with Crippen molar-refractivity contribution in [3.05, 3.63) is 47.4 Å². The van der Waals surface area contributed by atoms with E-state index < -0.39 is 0 Å². The monoisotopic (exact) mass is 262 g/mol. The molecule has 0 spiro atoms. The third kappa shape index (κ3) is 1.87. The molecule has 1 aliphatic carbocycles. The van der Waals surface area contributed by atoms with Crippen molar-refractivity contribution in [2.45, 2.75) is 6.42 Å². The molecule has 1 aromatic carbocycles. The molecule has 0 unspecified atom stereocenters. The Labute approximate surface area is 112 Å². The van der Waals surface area contributed by atoms with Crippen molar-refractivity contribution in [1.82, 2.24) is 4.98 Å². The van der Waals surface area contributed by atoms with Gasteiger partial charge in [-0.05, 0) is 24.1 Å². The van der Waals surface area contributed by atoms with Gasteiger partial charge in [-0.15, -0.1) is 12.4 Å². The SMILES string of the molecule is CNc1cccc2c3c([nH]c12)C=C(O)C=CC3.Cl. The Bertz CT molecular complexity index is 641. The van der Waals surface area contributed by atoms with Crippen molar-refractivity contribution >= 4 is 35.1 Å². The van der Waals surface area contributed by atoms with Crippen LogP contribution in [0.2, 0.25) is 0 Å². The van der Waals surface area contributed by atoms with E-state index in [0.717, 1.165) is 23.3 Å². The summed E-state index contributed by atoms with van der Waals surface area (Å²) in [5, 5.41) is 14.0. The molecule has 3 N–H and O–H groups in total. The molecule has 0 atom stereocenters. The Morgan fingerprint density at radius 3 is 2.94 bits per heavy atom. The molecule has 0 saturated heterocycles. The average Bonchev–Trinajstić information content (AvgIpc) is 2.56. The lowest BCUT2D eigenvalue weighted by Crippen LogP contribution is -1.88. The molecule has 0 saturated carbocycles. The molecule has 0 radical (unpaired) electrons. The molecule has 0 amide bonds. The van der Waals surface area contributed by atoms with Crippen LogP contribution in [-0.4, -0.2) is 17.1 Å². The van der Waals surface area contributed by atoms with Crippen molar-refractivity contribution in [3.8, 4) is 0 Å². The lowest BCUT2D eigenvalue weighted by molar-refractivity contribution is 0.437. The average molecular weight is 263 g/mol. The Hall–Kier alpha value is -1.87. The van der Waals surface area contributed by atoms with E-state index in [1.165, 1.54) is 10.9 Å². The highest BCUT2D eigenvalue weighted by molar-refractivity contribution is 5.96. The summed E-state index contributed by atoms with van der Waals surface area (Å²) in [7, 11) is 1.91. The number of aliphatic hydroxyl groups is 1. The minimum atomic E-state index is 0. The first-order chi connectivity index (χ1) is 8.29. The number of anilines is 1. The van der Waals surface area contributed by atoms with Gasteiger partial charge in [0.05, 0.1) is 11.2 Å². The first-order valence-corrected chi connectivity index (χ1v) is 5.68. The van der Waals surface area contributed by atoms with E-state index in [0.29, 0.717) is 5.76 Å². The molecule has 1 heterocycles. The molecule has 94 valence electrons. The molecule has 18 heavy (non-hydrogen) atoms. The largest absolute Gasteiger partial charge is 0.508 e. The normalized spacial score (nSPS) is 13.5. The molecular weight excluding hydrogens is 248 g/mol. The van der Waals surface area contributed by atoms with Gasteiger partial charge in [-0.1, -0.05) is 18.2 Å². The lowest BCUT2D eigenvalue weighted by atomic mass is 10.1. The number of aromatic nitrogens is 1. The number of aromatic amines is 1. The highest BCUT2D eigenvalue weighted by Gasteiger charge is 2.13. The number of nitrogens with one attached hydrogen (secondary N) is 2. The fourth-order valence-corrected chi connectivity index (χ4v) is 2.34. The van der Waals surface area contributed by atoms with Crippen LogP contribution in [0, 0.1) is 0 Å². The second-order valence-corrected chi connectivity index (χ2v) is 4.17. The molecular formula is C14H15ClN2O. The number of rotatable bonds is 1. The molecule has 0 aliphatic heterocycles. The van der Waals surface area contributed by atoms with Crippen molar-refractivity contribution in [3.63, 3.8) is 0 Å². The molecule has 3 rings (SSSR count). The summed E-state index contributed by atoms with van der Waals surface area (Å²) in [4.78, 5) is 3.37. The van der Waals surface area contributed by atoms with Crippen LogP contribution in [0.3, 0.4) is 0 Å². The predicted octanol–water partition coefficient (Wildman–Crippen LogP) is 3.64. The van der Waals surface area contributed by atoms with E-state index in [9.17, 15) is 5.11 Å². The van der Waals surface area contributed by atoms with Gasteiger partial charge in [0.1, 0.15) is 5.76 Å². The zero-order valence-corrected chi connectivity index (χ0v) is 10.8. The van der Waals surface area contributed by atoms with Crippen LogP contribution < -0.4 is 5.32 Å². The summed E-state index contributed by atoms with van der Waals surface area (Å²) in [6, 6.07) is 6.19. The summed E-state index contributed by atoms with van der Waals surface area (Å²) in [5.41, 5.74) is 4.40. The Morgan fingerprint density at radius 1 is 1.33 bits per heavy atom. The molecule has 1 aliphatic rings. The predicted molar refractivity (Wildman–Crippen MR) is 78.5 cm³/mol. The van der Waals surface area contributed by atoms with Gasteiger partial charge in [0, 0.05) is 24.2 Å². The van der Waals surface area contributed by atoms with Crippen LogP contribution in [0.5, 0.6) is 0 Å². The molecule has 2 aromatic rings. The first-order valence-electron chi connectivity index (χ1n) is 5.68. The maximum atomic E-state index is 9.63. The van der Waals surface area contributed by atoms with Crippen LogP contribution >= 0.6 is 12.4 Å². The molecule has 3 nitrogen and oxygen atoms in total. The highest BCUT2D eigenvalue weighted by Crippen LogP contribution is 2.30. The van der Waals surface area contributed by atoms with Crippen molar-refractivity contribution in [2.24, 2.45) is 0 Å². The first kappa shape index (κ1) is 12.6. The smallest absolute Gasteiger partial charge is 0.117 e. The highest BCUT2D eigenvalue weighted by atomic mass is 35.5. The van der Waals surface area contributed by atoms with E-state index in [1.807, 2.05) is 25.3 Å². The van der Waals surface area contributed by atoms with Gasteiger partial charge in [-0.25, -0.2) is 0 Å². The van der Waals surface area contributed by atoms with Crippen LogP contribution in [0.1, 0.15) is 11.3 Å². The number of aliphatic hydroxyl groups excluding tert-OH is 1. The zero-order chi connectivity index (χ0) is 11.8. The number of hydrogen-bond acceptors (Lipinski definition) is 2. The number of allylic oxidation sites excluding steroid dienone is 2. The number of fused-ring (bicyclic) bond motifs is 3. The van der Waals surface area contributed by atoms with E-state index in [1.54, 1.807) is 12.2 Å². The summed E-state index contributed by atoms with van der Waals surface area (Å²) >= 11 is 0. The van der Waals surface area contributed by atoms with Gasteiger partial charge in [0.2, 0.25) is 0 Å². The zero-order valence-electron chi connectivity index (χ0n) is 10.0. The second kappa shape index (κ2) is 4.78. The fraction of sp³-hybridized carbons (Fsp3) is 0.143. The summed E-state index contributed by atoms with van der Waals surface area (Å²) in [6.07, 6.45) is 6.33. The van der Waals surface area contributed by atoms with E-state index in [-0.39, 0.29) is 12.4 Å². The van der Waals surface area contributed by atoms with Crippen molar-refractivity contribution < 1.29 is 5.11 Å². The third-order valence-electron chi connectivity index (χ3n) is 3.15. The molecule has 0 fully saturated rings. The van der Waals surface area contributed by atoms with E-state index in [4.69, 9.17) is 0 Å². The van der Waals surface area contributed by atoms with Gasteiger partial charge >= 0.3 is 0 Å². The van der Waals surface area contributed by atoms with Crippen molar-refractivity contribution in [2.75, 3.05) is 12.4 Å². The third-order valence-corrected chi connectivity index (χ3v) is 3.15. The van der Waals surface area contributed by atoms with Crippen LogP contribution in [0.25, 0.3) is 17.0 Å². The molecule has 4 heteroatoms. The van der Waals surface area contributed by atoms with Crippen molar-refractivity contribution in [1.29, 1.82) is 0 Å². The summed E-state index contributed by atoms with van der Waals surface area (Å²) in [5.74, 6) is 0.293. The van der Waals surface area contributed by atoms with Crippen LogP contribution in [0.4, 0.5) is 5.69 Å². The van der Waals surface area contributed by atoms with E-state index in [2.05, 4.69) is 16.4 Å². The fourth-order valence-electron chi connectivity index (χ4n) is 2.34. The standard InChI is InChI=1S/C14H14N2O.ClH/c1-15-12-7-3-6-11-10-5-2-4-9(17)8-13(10)16-14(11)12;/h2-4,6-8,15-17H,5H2,1H3;1H. The molecule has 0 bridgehead atoms. The Morgan fingerprint density at radius 2 is 2.17 bits per heavy atom. The summed E-state index contributed by atoms with van der Waals surface area (Å²) in [6.45, 7) is 0. The number of benzene rings is 1. The van der Waals surface area contributed by atoms with Crippen LogP contribution in [-0.2, 0) is 6.42 Å². The lowest BCUT2D eigenvalue weighted by Gasteiger charge is -2.01. The molecule has 1 aromatic heterocycles. The Balaban J connectivity index is 0.00000120. The number of halogens is 1. The van der Waals surface area contributed by atoms with Gasteiger partial charge < -0.3 is 15.4 Å². The second-order valence-electron chi connectivity index (χ2n) is 4.17. The number of hydrogen-bond donors (Lipinski definition) is 3. The maximum Gasteiger partial charge on any atom is 0.117 e. The minimum Gasteiger partial charge on any atom is -0.508 e. The Kier molecular flexibility index (Phi) is 3.34. The quantitative estimate of drug-likeness (QED) is 0.735. The van der Waals surface area contributed by atoms with Gasteiger partial charge in [-0.2, -0.15) is 0 Å². The topological polar surface area (TPSA) is 48.0 Å². The maximum absolute atomic E-state index is 9.63. The van der Waals surface area contributed by atoms with E-state index >= 15 is 0 Å². The number of para-hydroxylation sites is 1. The van der Waals surface area contributed by atoms with Gasteiger partial charge in [0.25, 0.3) is 0 Å².